The second-order valence-electron chi connectivity index (χ2n) is 6.53. The first-order valence-corrected chi connectivity index (χ1v) is 7.70. The number of piperazine rings is 1. The third kappa shape index (κ3) is 3.97. The zero-order valence-electron chi connectivity index (χ0n) is 13.3. The summed E-state index contributed by atoms with van der Waals surface area (Å²) in [6.07, 6.45) is 0. The van der Waals surface area contributed by atoms with Gasteiger partial charge < -0.3 is 10.1 Å². The molecule has 20 heavy (non-hydrogen) atoms. The van der Waals surface area contributed by atoms with Crippen LogP contribution in [0, 0.1) is 0 Å². The maximum atomic E-state index is 5.80. The van der Waals surface area contributed by atoms with Gasteiger partial charge in [0.25, 0.3) is 0 Å². The van der Waals surface area contributed by atoms with Gasteiger partial charge in [0, 0.05) is 38.3 Å². The van der Waals surface area contributed by atoms with E-state index in [1.54, 1.807) is 0 Å². The van der Waals surface area contributed by atoms with Crippen molar-refractivity contribution in [3.05, 3.63) is 29.3 Å². The molecule has 1 saturated heterocycles. The molecule has 1 aromatic carbocycles. The lowest BCUT2D eigenvalue weighted by Gasteiger charge is -2.29. The molecule has 0 bridgehead atoms. The summed E-state index contributed by atoms with van der Waals surface area (Å²) in [6.45, 7) is 14.9. The SMILES string of the molecule is CCOc1ccc(C(C)(C)C)cc1CN1CCNCC1. The standard InChI is InChI=1S/C17H28N2O/c1-5-20-16-7-6-15(17(2,3)4)12-14(16)13-19-10-8-18-9-11-19/h6-7,12,18H,5,8-11,13H2,1-4H3. The van der Waals surface area contributed by atoms with Crippen molar-refractivity contribution >= 4 is 0 Å². The zero-order valence-corrected chi connectivity index (χ0v) is 13.3. The fraction of sp³-hybridized carbons (Fsp3) is 0.647. The molecule has 1 aromatic rings. The van der Waals surface area contributed by atoms with Crippen molar-refractivity contribution in [3.8, 4) is 5.75 Å². The second-order valence-corrected chi connectivity index (χ2v) is 6.53. The Kier molecular flexibility index (Phi) is 5.06. The summed E-state index contributed by atoms with van der Waals surface area (Å²) in [6, 6.07) is 6.67. The minimum atomic E-state index is 0.183. The molecule has 0 atom stereocenters. The van der Waals surface area contributed by atoms with E-state index < -0.39 is 0 Å². The molecule has 3 nitrogen and oxygen atoms in total. The number of benzene rings is 1. The van der Waals surface area contributed by atoms with E-state index in [2.05, 4.69) is 49.2 Å². The largest absolute Gasteiger partial charge is 0.494 e. The fourth-order valence-corrected chi connectivity index (χ4v) is 2.58. The average molecular weight is 276 g/mol. The van der Waals surface area contributed by atoms with E-state index >= 15 is 0 Å². The van der Waals surface area contributed by atoms with Crippen LogP contribution in [0.3, 0.4) is 0 Å². The van der Waals surface area contributed by atoms with Crippen molar-refractivity contribution in [1.29, 1.82) is 0 Å². The summed E-state index contributed by atoms with van der Waals surface area (Å²) in [5.41, 5.74) is 2.88. The maximum absolute atomic E-state index is 5.80. The predicted octanol–water partition coefficient (Wildman–Crippen LogP) is 2.79. The Bertz CT molecular complexity index is 431. The molecule has 1 fully saturated rings. The van der Waals surface area contributed by atoms with Crippen LogP contribution < -0.4 is 10.1 Å². The van der Waals surface area contributed by atoms with Gasteiger partial charge in [-0.1, -0.05) is 32.9 Å². The molecule has 0 saturated carbocycles. The van der Waals surface area contributed by atoms with E-state index in [1.165, 1.54) is 11.1 Å². The van der Waals surface area contributed by atoms with Gasteiger partial charge in [0.15, 0.2) is 0 Å². The number of hydrogen-bond acceptors (Lipinski definition) is 3. The van der Waals surface area contributed by atoms with Crippen LogP contribution in [0.4, 0.5) is 0 Å². The Labute approximate surface area is 123 Å². The summed E-state index contributed by atoms with van der Waals surface area (Å²) >= 11 is 0. The van der Waals surface area contributed by atoms with E-state index in [0.29, 0.717) is 0 Å². The van der Waals surface area contributed by atoms with E-state index in [0.717, 1.165) is 45.1 Å². The lowest BCUT2D eigenvalue weighted by Crippen LogP contribution is -2.43. The Morgan fingerprint density at radius 3 is 2.50 bits per heavy atom. The molecule has 112 valence electrons. The third-order valence-electron chi connectivity index (χ3n) is 3.83. The zero-order chi connectivity index (χ0) is 14.6. The van der Waals surface area contributed by atoms with Gasteiger partial charge in [0.05, 0.1) is 6.61 Å². The molecule has 1 heterocycles. The normalized spacial score (nSPS) is 17.2. The molecule has 2 rings (SSSR count). The van der Waals surface area contributed by atoms with Crippen molar-refractivity contribution < 1.29 is 4.74 Å². The molecule has 3 heteroatoms. The first-order chi connectivity index (χ1) is 9.50. The predicted molar refractivity (Wildman–Crippen MR) is 84.5 cm³/mol. The highest BCUT2D eigenvalue weighted by Gasteiger charge is 2.18. The van der Waals surface area contributed by atoms with Crippen molar-refractivity contribution in [2.45, 2.75) is 39.7 Å². The fourth-order valence-electron chi connectivity index (χ4n) is 2.58. The maximum Gasteiger partial charge on any atom is 0.123 e. The van der Waals surface area contributed by atoms with E-state index in [-0.39, 0.29) is 5.41 Å². The first kappa shape index (κ1) is 15.3. The number of hydrogen-bond donors (Lipinski definition) is 1. The number of rotatable bonds is 4. The number of ether oxygens (including phenoxy) is 1. The monoisotopic (exact) mass is 276 g/mol. The van der Waals surface area contributed by atoms with Crippen LogP contribution in [-0.2, 0) is 12.0 Å². The Morgan fingerprint density at radius 1 is 1.20 bits per heavy atom. The first-order valence-electron chi connectivity index (χ1n) is 7.70. The van der Waals surface area contributed by atoms with Crippen molar-refractivity contribution in [1.82, 2.24) is 10.2 Å². The van der Waals surface area contributed by atoms with Gasteiger partial charge in [0.2, 0.25) is 0 Å². The molecule has 0 amide bonds. The molecular weight excluding hydrogens is 248 g/mol. The van der Waals surface area contributed by atoms with E-state index in [4.69, 9.17) is 4.74 Å². The van der Waals surface area contributed by atoms with Crippen LogP contribution in [-0.4, -0.2) is 37.7 Å². The number of nitrogens with one attached hydrogen (secondary N) is 1. The minimum Gasteiger partial charge on any atom is -0.494 e. The van der Waals surface area contributed by atoms with Crippen molar-refractivity contribution in [2.24, 2.45) is 0 Å². The highest BCUT2D eigenvalue weighted by Crippen LogP contribution is 2.29. The van der Waals surface area contributed by atoms with Crippen LogP contribution in [0.2, 0.25) is 0 Å². The summed E-state index contributed by atoms with van der Waals surface area (Å²) in [4.78, 5) is 2.50. The molecule has 0 aliphatic carbocycles. The van der Waals surface area contributed by atoms with Crippen LogP contribution >= 0.6 is 0 Å². The van der Waals surface area contributed by atoms with Crippen molar-refractivity contribution in [2.75, 3.05) is 32.8 Å². The third-order valence-corrected chi connectivity index (χ3v) is 3.83. The summed E-state index contributed by atoms with van der Waals surface area (Å²) < 4.78 is 5.80. The van der Waals surface area contributed by atoms with Crippen LogP contribution in [0.5, 0.6) is 5.75 Å². The topological polar surface area (TPSA) is 24.5 Å². The molecule has 1 aliphatic rings. The quantitative estimate of drug-likeness (QED) is 0.915. The van der Waals surface area contributed by atoms with E-state index in [1.807, 2.05) is 6.92 Å². The lowest BCUT2D eigenvalue weighted by molar-refractivity contribution is 0.228. The minimum absolute atomic E-state index is 0.183. The van der Waals surface area contributed by atoms with Gasteiger partial charge in [-0.15, -0.1) is 0 Å². The molecule has 0 aromatic heterocycles. The number of nitrogens with zero attached hydrogens (tertiary/aromatic N) is 1. The molecule has 0 spiro atoms. The van der Waals surface area contributed by atoms with Crippen LogP contribution in [0.25, 0.3) is 0 Å². The molecule has 1 aliphatic heterocycles. The highest BCUT2D eigenvalue weighted by atomic mass is 16.5. The van der Waals surface area contributed by atoms with Gasteiger partial charge in [0.1, 0.15) is 5.75 Å². The van der Waals surface area contributed by atoms with Gasteiger partial charge in [-0.3, -0.25) is 4.90 Å². The van der Waals surface area contributed by atoms with Gasteiger partial charge in [-0.2, -0.15) is 0 Å². The molecule has 0 radical (unpaired) electrons. The second kappa shape index (κ2) is 6.59. The summed E-state index contributed by atoms with van der Waals surface area (Å²) in [5.74, 6) is 1.04. The molecule has 0 unspecified atom stereocenters. The molecular formula is C17H28N2O. The smallest absolute Gasteiger partial charge is 0.123 e. The Balaban J connectivity index is 2.21. The van der Waals surface area contributed by atoms with E-state index in [9.17, 15) is 0 Å². The lowest BCUT2D eigenvalue weighted by atomic mass is 9.86. The van der Waals surface area contributed by atoms with Gasteiger partial charge >= 0.3 is 0 Å². The average Bonchev–Trinajstić information content (AvgIpc) is 2.41. The van der Waals surface area contributed by atoms with Crippen LogP contribution in [0.15, 0.2) is 18.2 Å². The van der Waals surface area contributed by atoms with Gasteiger partial charge in [-0.05, 0) is 24.0 Å². The highest BCUT2D eigenvalue weighted by molar-refractivity contribution is 5.39. The molecule has 1 N–H and O–H groups in total. The Morgan fingerprint density at radius 2 is 1.90 bits per heavy atom. The Hall–Kier alpha value is -1.06. The van der Waals surface area contributed by atoms with Gasteiger partial charge in [-0.25, -0.2) is 0 Å². The summed E-state index contributed by atoms with van der Waals surface area (Å²) in [7, 11) is 0. The van der Waals surface area contributed by atoms with Crippen molar-refractivity contribution in [3.63, 3.8) is 0 Å². The summed E-state index contributed by atoms with van der Waals surface area (Å²) in [5, 5.41) is 3.40. The van der Waals surface area contributed by atoms with Crippen LogP contribution in [0.1, 0.15) is 38.8 Å².